The van der Waals surface area contributed by atoms with Crippen molar-refractivity contribution in [3.8, 4) is 0 Å². The zero-order chi connectivity index (χ0) is 29.2. The number of nitrogens with zero attached hydrogens (tertiary/aromatic N) is 2. The van der Waals surface area contributed by atoms with Gasteiger partial charge >= 0.3 is 5.97 Å². The second-order valence-electron chi connectivity index (χ2n) is 11.4. The van der Waals surface area contributed by atoms with Gasteiger partial charge in [-0.3, -0.25) is 15.0 Å². The van der Waals surface area contributed by atoms with Gasteiger partial charge in [0.1, 0.15) is 11.6 Å². The average Bonchev–Trinajstić information content (AvgIpc) is 3.36. The number of aromatic nitrogens is 1. The van der Waals surface area contributed by atoms with Crippen LogP contribution in [0.1, 0.15) is 43.9 Å². The van der Waals surface area contributed by atoms with Gasteiger partial charge < -0.3 is 14.6 Å². The van der Waals surface area contributed by atoms with E-state index in [1.54, 1.807) is 4.90 Å². The Morgan fingerprint density at radius 1 is 0.902 bits per heavy atom. The van der Waals surface area contributed by atoms with Crippen molar-refractivity contribution in [3.05, 3.63) is 108 Å². The molecule has 41 heavy (non-hydrogen) atoms. The van der Waals surface area contributed by atoms with E-state index >= 15 is 0 Å². The van der Waals surface area contributed by atoms with Crippen molar-refractivity contribution >= 4 is 22.8 Å². The number of hydrazine groups is 1. The lowest BCUT2D eigenvalue weighted by molar-refractivity contribution is -0.156. The lowest BCUT2D eigenvalue weighted by atomic mass is 10.0. The van der Waals surface area contributed by atoms with Crippen LogP contribution >= 0.6 is 0 Å². The van der Waals surface area contributed by atoms with E-state index in [9.17, 15) is 9.59 Å². The van der Waals surface area contributed by atoms with Gasteiger partial charge in [0.2, 0.25) is 5.91 Å². The highest BCUT2D eigenvalue weighted by molar-refractivity contribution is 5.83. The highest BCUT2D eigenvalue weighted by atomic mass is 16.6. The molecule has 0 saturated heterocycles. The van der Waals surface area contributed by atoms with Crippen molar-refractivity contribution in [2.24, 2.45) is 0 Å². The van der Waals surface area contributed by atoms with Gasteiger partial charge in [-0.1, -0.05) is 78.9 Å². The predicted molar refractivity (Wildman–Crippen MR) is 164 cm³/mol. The molecule has 0 unspecified atom stereocenters. The van der Waals surface area contributed by atoms with Crippen LogP contribution in [0.15, 0.2) is 91.1 Å². The van der Waals surface area contributed by atoms with Crippen molar-refractivity contribution in [1.29, 1.82) is 0 Å². The number of rotatable bonds is 13. The van der Waals surface area contributed by atoms with E-state index in [1.807, 2.05) is 112 Å². The van der Waals surface area contributed by atoms with E-state index in [1.165, 1.54) is 10.9 Å². The molecular formula is C34H42N4O3. The minimum Gasteiger partial charge on any atom is -0.460 e. The molecule has 1 amide bonds. The number of nitrogens with one attached hydrogen (secondary N) is 2. The standard InChI is InChI=1S/C34H42N4O3/c1-34(2,3)41-32(39)20-22-38(36-21-19-28-24-35-30-18-12-11-17-29(28)30)31(23-26-13-7-5-8-14-26)33(40)37(4)25-27-15-9-6-10-16-27/h5-18,24,31,35-36H,19-23,25H2,1-4H3/t31-/m0/s1. The highest BCUT2D eigenvalue weighted by Gasteiger charge is 2.30. The van der Waals surface area contributed by atoms with Crippen LogP contribution in [0.25, 0.3) is 10.9 Å². The second-order valence-corrected chi connectivity index (χ2v) is 11.4. The normalized spacial score (nSPS) is 12.4. The summed E-state index contributed by atoms with van der Waals surface area (Å²) in [6, 6.07) is 27.7. The Kier molecular flexibility index (Phi) is 10.3. The van der Waals surface area contributed by atoms with Gasteiger partial charge in [-0.15, -0.1) is 0 Å². The third kappa shape index (κ3) is 9.03. The summed E-state index contributed by atoms with van der Waals surface area (Å²) in [6.45, 7) is 7.04. The van der Waals surface area contributed by atoms with Gasteiger partial charge in [0, 0.05) is 43.8 Å². The summed E-state index contributed by atoms with van der Waals surface area (Å²) in [4.78, 5) is 31.9. The molecule has 4 rings (SSSR count). The van der Waals surface area contributed by atoms with Gasteiger partial charge in [0.15, 0.2) is 0 Å². The Morgan fingerprint density at radius 3 is 2.22 bits per heavy atom. The van der Waals surface area contributed by atoms with Crippen molar-refractivity contribution in [2.45, 2.75) is 58.2 Å². The summed E-state index contributed by atoms with van der Waals surface area (Å²) in [6.07, 6.45) is 3.47. The van der Waals surface area contributed by atoms with E-state index in [2.05, 4.69) is 22.5 Å². The topological polar surface area (TPSA) is 77.7 Å². The van der Waals surface area contributed by atoms with E-state index < -0.39 is 11.6 Å². The van der Waals surface area contributed by atoms with Crippen LogP contribution in [0.4, 0.5) is 0 Å². The minimum absolute atomic E-state index is 0.0125. The van der Waals surface area contributed by atoms with Crippen LogP contribution in [0.2, 0.25) is 0 Å². The number of para-hydroxylation sites is 1. The number of carbonyl (C=O) groups excluding carboxylic acids is 2. The Balaban J connectivity index is 1.55. The number of ether oxygens (including phenoxy) is 1. The van der Waals surface area contributed by atoms with Gasteiger partial charge in [-0.25, -0.2) is 5.01 Å². The quantitative estimate of drug-likeness (QED) is 0.168. The molecule has 3 aromatic carbocycles. The van der Waals surface area contributed by atoms with Crippen LogP contribution in [0.5, 0.6) is 0 Å². The van der Waals surface area contributed by atoms with E-state index in [0.29, 0.717) is 26.1 Å². The fourth-order valence-electron chi connectivity index (χ4n) is 4.98. The molecule has 0 aliphatic heterocycles. The number of benzene rings is 3. The van der Waals surface area contributed by atoms with Crippen LogP contribution < -0.4 is 5.43 Å². The molecule has 0 fully saturated rings. The van der Waals surface area contributed by atoms with Crippen LogP contribution in [-0.4, -0.2) is 58.5 Å². The maximum atomic E-state index is 14.1. The number of carbonyl (C=O) groups is 2. The molecule has 7 nitrogen and oxygen atoms in total. The lowest BCUT2D eigenvalue weighted by Gasteiger charge is -2.34. The van der Waals surface area contributed by atoms with Crippen molar-refractivity contribution < 1.29 is 14.3 Å². The number of aromatic amines is 1. The maximum absolute atomic E-state index is 14.1. The molecule has 0 radical (unpaired) electrons. The summed E-state index contributed by atoms with van der Waals surface area (Å²) in [5.41, 5.74) is 7.38. The predicted octanol–water partition coefficient (Wildman–Crippen LogP) is 5.52. The van der Waals surface area contributed by atoms with Gasteiger partial charge in [0.05, 0.1) is 6.42 Å². The average molecular weight is 555 g/mol. The fraction of sp³-hybridized carbons (Fsp3) is 0.353. The first kappa shape index (κ1) is 30.0. The number of esters is 1. The molecular weight excluding hydrogens is 512 g/mol. The Hall–Kier alpha value is -3.94. The van der Waals surface area contributed by atoms with Gasteiger partial charge in [-0.05, 0) is 56.4 Å². The molecule has 0 aliphatic carbocycles. The SMILES string of the molecule is CN(Cc1ccccc1)C(=O)[C@H](Cc1ccccc1)N(CCC(=O)OC(C)(C)C)NCCc1c[nH]c2ccccc12. The number of H-pyrrole nitrogens is 1. The number of amides is 1. The third-order valence-electron chi connectivity index (χ3n) is 6.93. The number of hydrogen-bond acceptors (Lipinski definition) is 5. The molecule has 2 N–H and O–H groups in total. The fourth-order valence-corrected chi connectivity index (χ4v) is 4.98. The molecule has 216 valence electrons. The van der Waals surface area contributed by atoms with E-state index in [-0.39, 0.29) is 18.3 Å². The first-order valence-corrected chi connectivity index (χ1v) is 14.3. The minimum atomic E-state index is -0.570. The number of fused-ring (bicyclic) bond motifs is 1. The van der Waals surface area contributed by atoms with E-state index in [4.69, 9.17) is 4.74 Å². The maximum Gasteiger partial charge on any atom is 0.307 e. The first-order chi connectivity index (χ1) is 19.7. The number of hydrogen-bond donors (Lipinski definition) is 2. The third-order valence-corrected chi connectivity index (χ3v) is 6.93. The zero-order valence-electron chi connectivity index (χ0n) is 24.6. The summed E-state index contributed by atoms with van der Waals surface area (Å²) in [7, 11) is 1.84. The molecule has 0 bridgehead atoms. The molecule has 0 saturated carbocycles. The van der Waals surface area contributed by atoms with Crippen molar-refractivity contribution in [2.75, 3.05) is 20.1 Å². The molecule has 0 spiro atoms. The monoisotopic (exact) mass is 554 g/mol. The molecule has 7 heteroatoms. The largest absolute Gasteiger partial charge is 0.460 e. The van der Waals surface area contributed by atoms with Crippen molar-refractivity contribution in [1.82, 2.24) is 20.3 Å². The first-order valence-electron chi connectivity index (χ1n) is 14.3. The van der Waals surface area contributed by atoms with E-state index in [0.717, 1.165) is 23.1 Å². The Bertz CT molecular complexity index is 1400. The summed E-state index contributed by atoms with van der Waals surface area (Å²) in [5, 5.41) is 3.13. The van der Waals surface area contributed by atoms with Gasteiger partial charge in [-0.2, -0.15) is 0 Å². The van der Waals surface area contributed by atoms with Gasteiger partial charge in [0.25, 0.3) is 0 Å². The number of likely N-dealkylation sites (N-methyl/N-ethyl adjacent to an activating group) is 1. The van der Waals surface area contributed by atoms with Crippen LogP contribution in [-0.2, 0) is 33.7 Å². The molecule has 0 aliphatic rings. The highest BCUT2D eigenvalue weighted by Crippen LogP contribution is 2.19. The second kappa shape index (κ2) is 14.1. The van der Waals surface area contributed by atoms with Crippen LogP contribution in [0, 0.1) is 0 Å². The Morgan fingerprint density at radius 2 is 1.54 bits per heavy atom. The Labute approximate surface area is 243 Å². The van der Waals surface area contributed by atoms with Crippen molar-refractivity contribution in [3.63, 3.8) is 0 Å². The molecule has 4 aromatic rings. The summed E-state index contributed by atoms with van der Waals surface area (Å²) < 4.78 is 5.59. The molecule has 1 atom stereocenters. The zero-order valence-corrected chi connectivity index (χ0v) is 24.6. The van der Waals surface area contributed by atoms with Crippen LogP contribution in [0.3, 0.4) is 0 Å². The smallest absolute Gasteiger partial charge is 0.307 e. The molecule has 1 heterocycles. The summed E-state index contributed by atoms with van der Waals surface area (Å²) in [5.74, 6) is -0.300. The summed E-state index contributed by atoms with van der Waals surface area (Å²) >= 11 is 0. The molecule has 1 aromatic heterocycles. The lowest BCUT2D eigenvalue weighted by Crippen LogP contribution is -2.55.